The summed E-state index contributed by atoms with van der Waals surface area (Å²) < 4.78 is 0.568. The topological polar surface area (TPSA) is 33.1 Å². The van der Waals surface area contributed by atoms with Crippen molar-refractivity contribution in [2.75, 3.05) is 6.61 Å². The molecule has 0 saturated heterocycles. The lowest BCUT2D eigenvalue weighted by Crippen LogP contribution is -2.18. The molecule has 1 heterocycles. The van der Waals surface area contributed by atoms with E-state index in [2.05, 4.69) is 4.98 Å². The van der Waals surface area contributed by atoms with E-state index in [1.807, 2.05) is 13.8 Å². The van der Waals surface area contributed by atoms with Gasteiger partial charge in [-0.2, -0.15) is 0 Å². The van der Waals surface area contributed by atoms with Crippen molar-refractivity contribution >= 4 is 22.9 Å². The number of nitrogens with zero attached hydrogens (tertiary/aromatic N) is 1. The summed E-state index contributed by atoms with van der Waals surface area (Å²) >= 11 is 7.15. The van der Waals surface area contributed by atoms with Crippen LogP contribution in [0.25, 0.3) is 0 Å². The summed E-state index contributed by atoms with van der Waals surface area (Å²) in [5.74, 6) is 0. The standard InChI is InChI=1S/C8H12ClNOS/c1-8(2,5-11)3-6-4-10-7(9)12-6/h4,11H,3,5H2,1-2H3. The molecule has 1 N–H and O–H groups in total. The summed E-state index contributed by atoms with van der Waals surface area (Å²) in [5.41, 5.74) is -0.0735. The highest BCUT2D eigenvalue weighted by atomic mass is 35.5. The number of thiazole rings is 1. The van der Waals surface area contributed by atoms with Gasteiger partial charge in [0.15, 0.2) is 4.47 Å². The van der Waals surface area contributed by atoms with E-state index in [0.717, 1.165) is 11.3 Å². The number of aliphatic hydroxyl groups is 1. The van der Waals surface area contributed by atoms with Crippen molar-refractivity contribution in [1.82, 2.24) is 4.98 Å². The predicted molar refractivity (Wildman–Crippen MR) is 51.7 cm³/mol. The van der Waals surface area contributed by atoms with Gasteiger partial charge in [-0.1, -0.05) is 25.4 Å². The van der Waals surface area contributed by atoms with Gasteiger partial charge >= 0.3 is 0 Å². The van der Waals surface area contributed by atoms with Crippen LogP contribution in [0.3, 0.4) is 0 Å². The molecule has 0 aromatic carbocycles. The molecule has 4 heteroatoms. The van der Waals surface area contributed by atoms with Crippen LogP contribution in [0, 0.1) is 5.41 Å². The number of hydrogen-bond acceptors (Lipinski definition) is 3. The molecule has 0 aliphatic carbocycles. The van der Waals surface area contributed by atoms with E-state index < -0.39 is 0 Å². The van der Waals surface area contributed by atoms with Crippen LogP contribution in [0.2, 0.25) is 4.47 Å². The molecule has 0 aliphatic heterocycles. The van der Waals surface area contributed by atoms with Crippen molar-refractivity contribution in [3.05, 3.63) is 15.5 Å². The monoisotopic (exact) mass is 205 g/mol. The number of hydrogen-bond donors (Lipinski definition) is 1. The Morgan fingerprint density at radius 2 is 2.33 bits per heavy atom. The quantitative estimate of drug-likeness (QED) is 0.822. The number of rotatable bonds is 3. The summed E-state index contributed by atoms with van der Waals surface area (Å²) in [6.07, 6.45) is 2.60. The smallest absolute Gasteiger partial charge is 0.183 e. The molecule has 12 heavy (non-hydrogen) atoms. The maximum atomic E-state index is 9.01. The molecule has 0 unspecified atom stereocenters. The minimum atomic E-state index is -0.0735. The predicted octanol–water partition coefficient (Wildman–Crippen LogP) is 2.36. The highest BCUT2D eigenvalue weighted by molar-refractivity contribution is 7.15. The summed E-state index contributed by atoms with van der Waals surface area (Å²) in [7, 11) is 0. The van der Waals surface area contributed by atoms with Gasteiger partial charge in [-0.3, -0.25) is 0 Å². The zero-order chi connectivity index (χ0) is 9.19. The first-order chi connectivity index (χ1) is 5.53. The fourth-order valence-corrected chi connectivity index (χ4v) is 2.13. The fourth-order valence-electron chi connectivity index (χ4n) is 0.893. The van der Waals surface area contributed by atoms with Crippen LogP contribution < -0.4 is 0 Å². The van der Waals surface area contributed by atoms with E-state index in [0.29, 0.717) is 4.47 Å². The third-order valence-corrected chi connectivity index (χ3v) is 2.72. The van der Waals surface area contributed by atoms with Gasteiger partial charge in [0.25, 0.3) is 0 Å². The van der Waals surface area contributed by atoms with Crippen molar-refractivity contribution in [3.8, 4) is 0 Å². The zero-order valence-corrected chi connectivity index (χ0v) is 8.74. The lowest BCUT2D eigenvalue weighted by molar-refractivity contribution is 0.160. The largest absolute Gasteiger partial charge is 0.396 e. The van der Waals surface area contributed by atoms with Crippen molar-refractivity contribution < 1.29 is 5.11 Å². The molecule has 0 saturated carbocycles. The number of halogens is 1. The molecular weight excluding hydrogens is 194 g/mol. The Morgan fingerprint density at radius 3 is 2.75 bits per heavy atom. The molecule has 0 radical (unpaired) electrons. The van der Waals surface area contributed by atoms with Crippen molar-refractivity contribution in [2.24, 2.45) is 5.41 Å². The van der Waals surface area contributed by atoms with Gasteiger partial charge in [0, 0.05) is 17.7 Å². The first-order valence-corrected chi connectivity index (χ1v) is 4.94. The Bertz CT molecular complexity index is 259. The van der Waals surface area contributed by atoms with Crippen LogP contribution in [0.1, 0.15) is 18.7 Å². The maximum Gasteiger partial charge on any atom is 0.183 e. The lowest BCUT2D eigenvalue weighted by Gasteiger charge is -2.19. The van der Waals surface area contributed by atoms with Gasteiger partial charge in [0.2, 0.25) is 0 Å². The molecule has 2 nitrogen and oxygen atoms in total. The third kappa shape index (κ3) is 2.73. The van der Waals surface area contributed by atoms with Gasteiger partial charge in [-0.05, 0) is 11.8 Å². The second kappa shape index (κ2) is 3.73. The average Bonchev–Trinajstić information content (AvgIpc) is 2.35. The summed E-state index contributed by atoms with van der Waals surface area (Å²) in [4.78, 5) is 5.06. The Kier molecular flexibility index (Phi) is 3.09. The van der Waals surface area contributed by atoms with E-state index in [-0.39, 0.29) is 12.0 Å². The Balaban J connectivity index is 2.63. The van der Waals surface area contributed by atoms with Crippen molar-refractivity contribution in [3.63, 3.8) is 0 Å². The van der Waals surface area contributed by atoms with E-state index in [1.165, 1.54) is 11.3 Å². The third-order valence-electron chi connectivity index (χ3n) is 1.61. The molecule has 0 aliphatic rings. The molecule has 0 fully saturated rings. The van der Waals surface area contributed by atoms with E-state index >= 15 is 0 Å². The van der Waals surface area contributed by atoms with E-state index in [4.69, 9.17) is 16.7 Å². The van der Waals surface area contributed by atoms with Gasteiger partial charge in [0.1, 0.15) is 0 Å². The number of aromatic nitrogens is 1. The van der Waals surface area contributed by atoms with E-state index in [1.54, 1.807) is 6.20 Å². The van der Waals surface area contributed by atoms with Crippen LogP contribution in [-0.4, -0.2) is 16.7 Å². The highest BCUT2D eigenvalue weighted by Crippen LogP contribution is 2.26. The van der Waals surface area contributed by atoms with Gasteiger partial charge in [-0.15, -0.1) is 11.3 Å². The van der Waals surface area contributed by atoms with Crippen LogP contribution in [0.4, 0.5) is 0 Å². The minimum Gasteiger partial charge on any atom is -0.396 e. The highest BCUT2D eigenvalue weighted by Gasteiger charge is 2.18. The van der Waals surface area contributed by atoms with E-state index in [9.17, 15) is 0 Å². The van der Waals surface area contributed by atoms with Gasteiger partial charge in [0.05, 0.1) is 0 Å². The SMILES string of the molecule is CC(C)(CO)Cc1cnc(Cl)s1. The number of aliphatic hydroxyl groups excluding tert-OH is 1. The van der Waals surface area contributed by atoms with Crippen LogP contribution in [-0.2, 0) is 6.42 Å². The molecule has 0 bridgehead atoms. The molecular formula is C8H12ClNOS. The second-order valence-electron chi connectivity index (χ2n) is 3.58. The molecule has 1 aromatic heterocycles. The first kappa shape index (κ1) is 9.96. The summed E-state index contributed by atoms with van der Waals surface area (Å²) in [6, 6.07) is 0. The van der Waals surface area contributed by atoms with Crippen LogP contribution in [0.15, 0.2) is 6.20 Å². The molecule has 0 spiro atoms. The van der Waals surface area contributed by atoms with Crippen molar-refractivity contribution in [1.29, 1.82) is 0 Å². The molecule has 0 amide bonds. The van der Waals surface area contributed by atoms with Crippen LogP contribution >= 0.6 is 22.9 Å². The maximum absolute atomic E-state index is 9.01. The first-order valence-electron chi connectivity index (χ1n) is 3.74. The summed E-state index contributed by atoms with van der Waals surface area (Å²) in [6.45, 7) is 4.21. The molecule has 68 valence electrons. The second-order valence-corrected chi connectivity index (χ2v) is 5.28. The Labute approximate surface area is 81.2 Å². The minimum absolute atomic E-state index is 0.0735. The Hall–Kier alpha value is -0.120. The van der Waals surface area contributed by atoms with Gasteiger partial charge in [-0.25, -0.2) is 4.98 Å². The average molecular weight is 206 g/mol. The zero-order valence-electron chi connectivity index (χ0n) is 7.17. The molecule has 0 atom stereocenters. The Morgan fingerprint density at radius 1 is 1.67 bits per heavy atom. The molecule has 1 aromatic rings. The lowest BCUT2D eigenvalue weighted by atomic mass is 9.90. The summed E-state index contributed by atoms with van der Waals surface area (Å²) in [5, 5.41) is 9.01. The fraction of sp³-hybridized carbons (Fsp3) is 0.625. The van der Waals surface area contributed by atoms with Crippen LogP contribution in [0.5, 0.6) is 0 Å². The van der Waals surface area contributed by atoms with Gasteiger partial charge < -0.3 is 5.11 Å². The molecule has 1 rings (SSSR count). The normalized spacial score (nSPS) is 12.0. The van der Waals surface area contributed by atoms with Crippen molar-refractivity contribution in [2.45, 2.75) is 20.3 Å².